The average Bonchev–Trinajstić information content (AvgIpc) is 1.31. The van der Waals surface area contributed by atoms with Crippen molar-refractivity contribution < 1.29 is 14.9 Å². The van der Waals surface area contributed by atoms with Crippen molar-refractivity contribution in [3.05, 3.63) is 0 Å². The van der Waals surface area contributed by atoms with E-state index in [9.17, 15) is 0 Å². The Morgan fingerprint density at radius 1 is 1.25 bits per heavy atom. The Labute approximate surface area is 49.7 Å². The molecule has 0 aromatic heterocycles. The molecule has 0 saturated heterocycles. The lowest BCUT2D eigenvalue weighted by Gasteiger charge is -2.19. The number of hydrogen-bond acceptors (Lipinski definition) is 2. The number of rotatable bonds is 1. The predicted octanol–water partition coefficient (Wildman–Crippen LogP) is 0.539. The van der Waals surface area contributed by atoms with Gasteiger partial charge in [-0.15, -0.1) is 0 Å². The predicted molar refractivity (Wildman–Crippen MR) is 34.1 cm³/mol. The zero-order valence-corrected chi connectivity index (χ0v) is 6.14. The van der Waals surface area contributed by atoms with Gasteiger partial charge in [-0.25, -0.2) is 0 Å². The van der Waals surface area contributed by atoms with Crippen molar-refractivity contribution in [1.82, 2.24) is 0 Å². The second kappa shape index (κ2) is 3.33. The highest BCUT2D eigenvalue weighted by atomic mass is 31.1. The molecule has 0 aromatic carbocycles. The van der Waals surface area contributed by atoms with Crippen LogP contribution in [0, 0.1) is 0 Å². The summed E-state index contributed by atoms with van der Waals surface area (Å²) in [5.41, 5.74) is -1.44. The standard InChI is InChI=1S/C4H11O2P.FH/c1-4(5,6)7(2)3;/h5-6H,1-3H3;1H. The maximum absolute atomic E-state index is 8.68. The van der Waals surface area contributed by atoms with Crippen LogP contribution in [-0.2, 0) is 0 Å². The maximum atomic E-state index is 8.68. The molecule has 2 N–H and O–H groups in total. The van der Waals surface area contributed by atoms with Crippen LogP contribution < -0.4 is 0 Å². The average molecular weight is 142 g/mol. The van der Waals surface area contributed by atoms with Crippen molar-refractivity contribution in [2.75, 3.05) is 13.3 Å². The molecule has 4 heteroatoms. The molecule has 0 bridgehead atoms. The third-order valence-corrected chi connectivity index (χ3v) is 2.54. The summed E-state index contributed by atoms with van der Waals surface area (Å²) in [7, 11) is -0.630. The molecule has 0 aromatic rings. The molecule has 0 aliphatic heterocycles. The molecule has 0 rings (SSSR count). The van der Waals surface area contributed by atoms with Crippen LogP contribution >= 0.6 is 7.92 Å². The molecule has 52 valence electrons. The largest absolute Gasteiger partial charge is 0.362 e. The van der Waals surface area contributed by atoms with E-state index < -0.39 is 13.4 Å². The van der Waals surface area contributed by atoms with E-state index in [1.165, 1.54) is 6.92 Å². The highest BCUT2D eigenvalue weighted by Crippen LogP contribution is 2.37. The van der Waals surface area contributed by atoms with Gasteiger partial charge < -0.3 is 10.2 Å². The molecule has 0 fully saturated rings. The Balaban J connectivity index is 0. The van der Waals surface area contributed by atoms with Crippen LogP contribution in [0.15, 0.2) is 0 Å². The fourth-order valence-corrected chi connectivity index (χ4v) is 0. The van der Waals surface area contributed by atoms with Gasteiger partial charge in [0.2, 0.25) is 0 Å². The molecule has 0 heterocycles. The summed E-state index contributed by atoms with van der Waals surface area (Å²) in [6.07, 6.45) is 0. The Bertz CT molecular complexity index is 59.5. The van der Waals surface area contributed by atoms with Gasteiger partial charge in [0.25, 0.3) is 0 Å². The number of halogens is 1. The topological polar surface area (TPSA) is 40.5 Å². The molecular weight excluding hydrogens is 130 g/mol. The van der Waals surface area contributed by atoms with Gasteiger partial charge in [-0.3, -0.25) is 4.70 Å². The fourth-order valence-electron chi connectivity index (χ4n) is 0. The highest BCUT2D eigenvalue weighted by molar-refractivity contribution is 7.57. The molecule has 0 unspecified atom stereocenters. The van der Waals surface area contributed by atoms with Crippen molar-refractivity contribution in [1.29, 1.82) is 0 Å². The van der Waals surface area contributed by atoms with E-state index >= 15 is 0 Å². The summed E-state index contributed by atoms with van der Waals surface area (Å²) in [5.74, 6) is 0. The lowest BCUT2D eigenvalue weighted by atomic mass is 10.8. The smallest absolute Gasteiger partial charge is 0.177 e. The van der Waals surface area contributed by atoms with Gasteiger partial charge in [0, 0.05) is 0 Å². The number of hydrogen-bond donors (Lipinski definition) is 2. The Hall–Kier alpha value is 0.280. The van der Waals surface area contributed by atoms with Gasteiger partial charge in [0.1, 0.15) is 0 Å². The normalized spacial score (nSPS) is 11.2. The maximum Gasteiger partial charge on any atom is 0.177 e. The van der Waals surface area contributed by atoms with E-state index in [-0.39, 0.29) is 4.70 Å². The van der Waals surface area contributed by atoms with Crippen molar-refractivity contribution in [3.8, 4) is 0 Å². The third kappa shape index (κ3) is 4.44. The van der Waals surface area contributed by atoms with Gasteiger partial charge >= 0.3 is 0 Å². The van der Waals surface area contributed by atoms with Crippen molar-refractivity contribution in [2.24, 2.45) is 0 Å². The van der Waals surface area contributed by atoms with E-state index in [4.69, 9.17) is 10.2 Å². The SMILES string of the molecule is CP(C)C(C)(O)O.F. The fraction of sp³-hybridized carbons (Fsp3) is 1.00. The van der Waals surface area contributed by atoms with Crippen LogP contribution in [0.4, 0.5) is 4.70 Å². The second-order valence-electron chi connectivity index (χ2n) is 1.87. The third-order valence-electron chi connectivity index (χ3n) is 0.847. The van der Waals surface area contributed by atoms with E-state index in [0.717, 1.165) is 0 Å². The Kier molecular flexibility index (Phi) is 4.64. The molecular formula is C4H12FO2P. The summed E-state index contributed by atoms with van der Waals surface area (Å²) in [4.78, 5) is 0. The summed E-state index contributed by atoms with van der Waals surface area (Å²) >= 11 is 0. The monoisotopic (exact) mass is 142 g/mol. The molecule has 0 atom stereocenters. The quantitative estimate of drug-likeness (QED) is 0.414. The number of aliphatic hydroxyl groups is 2. The zero-order valence-electron chi connectivity index (χ0n) is 5.25. The van der Waals surface area contributed by atoms with Crippen LogP contribution in [0.1, 0.15) is 6.92 Å². The van der Waals surface area contributed by atoms with Gasteiger partial charge in [0.15, 0.2) is 5.53 Å². The molecule has 0 spiro atoms. The van der Waals surface area contributed by atoms with E-state index in [1.807, 2.05) is 13.3 Å². The van der Waals surface area contributed by atoms with Gasteiger partial charge in [-0.05, 0) is 28.2 Å². The lowest BCUT2D eigenvalue weighted by Crippen LogP contribution is -2.18. The van der Waals surface area contributed by atoms with Gasteiger partial charge in [-0.1, -0.05) is 0 Å². The van der Waals surface area contributed by atoms with E-state index in [0.29, 0.717) is 0 Å². The highest BCUT2D eigenvalue weighted by Gasteiger charge is 2.18. The minimum absolute atomic E-state index is 0. The van der Waals surface area contributed by atoms with E-state index in [2.05, 4.69) is 0 Å². The first-order chi connectivity index (χ1) is 2.94. The summed E-state index contributed by atoms with van der Waals surface area (Å²) in [6.45, 7) is 5.03. The zero-order chi connectivity index (χ0) is 6.08. The summed E-state index contributed by atoms with van der Waals surface area (Å²) in [5, 5.41) is 17.4. The van der Waals surface area contributed by atoms with Crippen LogP contribution in [0.25, 0.3) is 0 Å². The first-order valence-corrected chi connectivity index (χ1v) is 4.30. The van der Waals surface area contributed by atoms with E-state index in [1.54, 1.807) is 0 Å². The van der Waals surface area contributed by atoms with Gasteiger partial charge in [0.05, 0.1) is 0 Å². The molecule has 0 amide bonds. The molecule has 0 saturated carbocycles. The van der Waals surface area contributed by atoms with Crippen LogP contribution in [0.5, 0.6) is 0 Å². The van der Waals surface area contributed by atoms with Crippen molar-refractivity contribution in [3.63, 3.8) is 0 Å². The van der Waals surface area contributed by atoms with Gasteiger partial charge in [-0.2, -0.15) is 0 Å². The first kappa shape index (κ1) is 11.1. The van der Waals surface area contributed by atoms with Crippen LogP contribution in [0.3, 0.4) is 0 Å². The minimum Gasteiger partial charge on any atom is -0.362 e. The van der Waals surface area contributed by atoms with Crippen LogP contribution in [-0.4, -0.2) is 29.1 Å². The molecule has 0 aliphatic rings. The Morgan fingerprint density at radius 3 is 1.38 bits per heavy atom. The second-order valence-corrected chi connectivity index (χ2v) is 4.50. The lowest BCUT2D eigenvalue weighted by molar-refractivity contribution is -0.0645. The summed E-state index contributed by atoms with van der Waals surface area (Å²) in [6, 6.07) is 0. The molecule has 0 radical (unpaired) electrons. The van der Waals surface area contributed by atoms with Crippen molar-refractivity contribution in [2.45, 2.75) is 12.5 Å². The molecule has 2 nitrogen and oxygen atoms in total. The first-order valence-electron chi connectivity index (χ1n) is 2.07. The van der Waals surface area contributed by atoms with Crippen molar-refractivity contribution >= 4 is 7.92 Å². The summed E-state index contributed by atoms with van der Waals surface area (Å²) < 4.78 is 0. The molecule has 8 heavy (non-hydrogen) atoms. The Morgan fingerprint density at radius 2 is 1.38 bits per heavy atom. The molecule has 0 aliphatic carbocycles. The van der Waals surface area contributed by atoms with Crippen LogP contribution in [0.2, 0.25) is 0 Å². The minimum atomic E-state index is -1.44.